The first-order chi connectivity index (χ1) is 11.0. The molecule has 1 atom stereocenters. The summed E-state index contributed by atoms with van der Waals surface area (Å²) in [5, 5.41) is 6.77. The maximum Gasteiger partial charge on any atom is 0.269 e. The van der Waals surface area contributed by atoms with E-state index in [0.29, 0.717) is 17.9 Å². The van der Waals surface area contributed by atoms with Crippen LogP contribution >= 0.6 is 0 Å². The van der Waals surface area contributed by atoms with Crippen LogP contribution in [-0.2, 0) is 0 Å². The summed E-state index contributed by atoms with van der Waals surface area (Å²) in [7, 11) is 0. The zero-order valence-electron chi connectivity index (χ0n) is 13.3. The van der Waals surface area contributed by atoms with Crippen LogP contribution in [0.15, 0.2) is 16.5 Å². The van der Waals surface area contributed by atoms with Crippen molar-refractivity contribution in [2.24, 2.45) is 5.73 Å². The van der Waals surface area contributed by atoms with E-state index in [1.165, 1.54) is 0 Å². The quantitative estimate of drug-likeness (QED) is 0.904. The van der Waals surface area contributed by atoms with Gasteiger partial charge in [0.25, 0.3) is 11.8 Å². The molecule has 1 aliphatic heterocycles. The average Bonchev–Trinajstić information content (AvgIpc) is 3.13. The van der Waals surface area contributed by atoms with Crippen molar-refractivity contribution in [3.8, 4) is 0 Å². The molecule has 0 aromatic carbocycles. The van der Waals surface area contributed by atoms with E-state index in [1.807, 2.05) is 11.8 Å². The first-order valence-corrected chi connectivity index (χ1v) is 7.70. The number of aromatic nitrogens is 2. The van der Waals surface area contributed by atoms with Gasteiger partial charge in [-0.15, -0.1) is 0 Å². The van der Waals surface area contributed by atoms with Crippen LogP contribution in [0.5, 0.6) is 0 Å². The highest BCUT2D eigenvalue weighted by atomic mass is 16.3. The Morgan fingerprint density at radius 2 is 2.13 bits per heavy atom. The van der Waals surface area contributed by atoms with Crippen molar-refractivity contribution in [3.63, 3.8) is 0 Å². The third-order valence-electron chi connectivity index (χ3n) is 4.24. The molecule has 0 bridgehead atoms. The highest BCUT2D eigenvalue weighted by molar-refractivity contribution is 5.95. The Balaban J connectivity index is 1.90. The summed E-state index contributed by atoms with van der Waals surface area (Å²) < 4.78 is 5.47. The van der Waals surface area contributed by atoms with Crippen LogP contribution in [0.2, 0.25) is 0 Å². The van der Waals surface area contributed by atoms with Gasteiger partial charge >= 0.3 is 0 Å². The lowest BCUT2D eigenvalue weighted by Gasteiger charge is -2.35. The van der Waals surface area contributed by atoms with Gasteiger partial charge in [0.05, 0.1) is 17.3 Å². The summed E-state index contributed by atoms with van der Waals surface area (Å²) in [6, 6.07) is 3.27. The van der Waals surface area contributed by atoms with Crippen LogP contribution in [0.4, 0.5) is 0 Å². The van der Waals surface area contributed by atoms with Gasteiger partial charge in [-0.2, -0.15) is 5.10 Å². The van der Waals surface area contributed by atoms with Gasteiger partial charge in [-0.1, -0.05) is 0 Å². The fourth-order valence-corrected chi connectivity index (χ4v) is 3.13. The summed E-state index contributed by atoms with van der Waals surface area (Å²) in [4.78, 5) is 25.9. The Morgan fingerprint density at radius 3 is 2.74 bits per heavy atom. The molecule has 3 N–H and O–H groups in total. The van der Waals surface area contributed by atoms with E-state index in [-0.39, 0.29) is 17.6 Å². The van der Waals surface area contributed by atoms with E-state index in [4.69, 9.17) is 10.2 Å². The summed E-state index contributed by atoms with van der Waals surface area (Å²) in [6.07, 6.45) is 2.79. The molecule has 0 radical (unpaired) electrons. The monoisotopic (exact) mass is 316 g/mol. The maximum atomic E-state index is 12.9. The number of hydrogen-bond acceptors (Lipinski definition) is 4. The van der Waals surface area contributed by atoms with Crippen molar-refractivity contribution in [2.45, 2.75) is 39.2 Å². The number of furan rings is 1. The van der Waals surface area contributed by atoms with Gasteiger partial charge in [0.1, 0.15) is 17.2 Å². The smallest absolute Gasteiger partial charge is 0.269 e. The number of amides is 2. The number of H-pyrrole nitrogens is 1. The van der Waals surface area contributed by atoms with E-state index < -0.39 is 5.91 Å². The molecule has 1 saturated heterocycles. The van der Waals surface area contributed by atoms with Crippen LogP contribution < -0.4 is 5.73 Å². The fraction of sp³-hybridized carbons (Fsp3) is 0.438. The van der Waals surface area contributed by atoms with Crippen molar-refractivity contribution in [2.75, 3.05) is 6.54 Å². The lowest BCUT2D eigenvalue weighted by atomic mass is 9.98. The molecule has 1 fully saturated rings. The number of rotatable bonds is 3. The predicted octanol–water partition coefficient (Wildman–Crippen LogP) is 2.09. The van der Waals surface area contributed by atoms with Crippen LogP contribution in [0.3, 0.4) is 0 Å². The summed E-state index contributed by atoms with van der Waals surface area (Å²) >= 11 is 0. The van der Waals surface area contributed by atoms with Gasteiger partial charge in [-0.3, -0.25) is 14.7 Å². The first kappa shape index (κ1) is 15.3. The van der Waals surface area contributed by atoms with Gasteiger partial charge in [0.2, 0.25) is 0 Å². The van der Waals surface area contributed by atoms with Crippen molar-refractivity contribution in [1.82, 2.24) is 15.1 Å². The Labute approximate surface area is 133 Å². The Bertz CT molecular complexity index is 746. The van der Waals surface area contributed by atoms with Crippen molar-refractivity contribution in [1.29, 1.82) is 0 Å². The number of hydrogen-bond donors (Lipinski definition) is 2. The number of carbonyl (C=O) groups is 2. The maximum absolute atomic E-state index is 12.9. The molecule has 3 heterocycles. The fourth-order valence-electron chi connectivity index (χ4n) is 3.13. The number of nitrogens with one attached hydrogen (secondary N) is 1. The minimum Gasteiger partial charge on any atom is -0.466 e. The molecular formula is C16H20N4O3. The first-order valence-electron chi connectivity index (χ1n) is 7.70. The molecule has 0 aliphatic carbocycles. The average molecular weight is 316 g/mol. The highest BCUT2D eigenvalue weighted by Crippen LogP contribution is 2.32. The Hall–Kier alpha value is -2.57. The van der Waals surface area contributed by atoms with Gasteiger partial charge in [-0.25, -0.2) is 0 Å². The third-order valence-corrected chi connectivity index (χ3v) is 4.24. The van der Waals surface area contributed by atoms with E-state index >= 15 is 0 Å². The van der Waals surface area contributed by atoms with Gasteiger partial charge in [-0.05, 0) is 45.2 Å². The third kappa shape index (κ3) is 2.86. The van der Waals surface area contributed by atoms with Crippen LogP contribution in [0.1, 0.15) is 63.4 Å². The lowest BCUT2D eigenvalue weighted by molar-refractivity contribution is 0.0604. The van der Waals surface area contributed by atoms with E-state index in [2.05, 4.69) is 10.2 Å². The number of primary amides is 1. The molecule has 0 spiro atoms. The largest absolute Gasteiger partial charge is 0.466 e. The molecular weight excluding hydrogens is 296 g/mol. The summed E-state index contributed by atoms with van der Waals surface area (Å²) in [6.45, 7) is 4.28. The molecule has 122 valence electrons. The predicted molar refractivity (Wildman–Crippen MR) is 82.9 cm³/mol. The standard InChI is InChI=1S/C16H20N4O3/c1-9-7-11(10(2)23-9)16(22)20-6-4-3-5-14(20)12-8-13(15(17)21)19-18-12/h7-8,14H,3-6H2,1-2H3,(H2,17,21)(H,18,19)/t14-/m1/s1. The topological polar surface area (TPSA) is 105 Å². The van der Waals surface area contributed by atoms with Gasteiger partial charge in [0, 0.05) is 6.54 Å². The van der Waals surface area contributed by atoms with Crippen LogP contribution in [-0.4, -0.2) is 33.5 Å². The second-order valence-electron chi connectivity index (χ2n) is 5.91. The zero-order valence-corrected chi connectivity index (χ0v) is 13.3. The molecule has 2 aromatic rings. The number of aromatic amines is 1. The summed E-state index contributed by atoms with van der Waals surface area (Å²) in [5.41, 5.74) is 6.77. The molecule has 23 heavy (non-hydrogen) atoms. The molecule has 3 rings (SSSR count). The SMILES string of the molecule is Cc1cc(C(=O)N2CCCC[C@@H]2c2cc(C(N)=O)n[nH]2)c(C)o1. The zero-order chi connectivity index (χ0) is 16.6. The number of likely N-dealkylation sites (tertiary alicyclic amines) is 1. The Morgan fingerprint density at radius 1 is 1.35 bits per heavy atom. The van der Waals surface area contributed by atoms with Gasteiger partial charge in [0.15, 0.2) is 0 Å². The lowest BCUT2D eigenvalue weighted by Crippen LogP contribution is -2.38. The van der Waals surface area contributed by atoms with Crippen molar-refractivity contribution < 1.29 is 14.0 Å². The minimum absolute atomic E-state index is 0.0562. The molecule has 2 aromatic heterocycles. The van der Waals surface area contributed by atoms with E-state index in [1.54, 1.807) is 19.1 Å². The second kappa shape index (κ2) is 5.91. The second-order valence-corrected chi connectivity index (χ2v) is 5.91. The number of nitrogens with zero attached hydrogens (tertiary/aromatic N) is 2. The molecule has 7 nitrogen and oxygen atoms in total. The Kier molecular flexibility index (Phi) is 3.94. The molecule has 2 amide bonds. The molecule has 7 heteroatoms. The van der Waals surface area contributed by atoms with Crippen LogP contribution in [0, 0.1) is 13.8 Å². The van der Waals surface area contributed by atoms with Crippen molar-refractivity contribution >= 4 is 11.8 Å². The van der Waals surface area contributed by atoms with E-state index in [9.17, 15) is 9.59 Å². The highest BCUT2D eigenvalue weighted by Gasteiger charge is 2.31. The number of carbonyl (C=O) groups excluding carboxylic acids is 2. The molecule has 1 aliphatic rings. The molecule has 0 saturated carbocycles. The normalized spacial score (nSPS) is 18.2. The van der Waals surface area contributed by atoms with Crippen LogP contribution in [0.25, 0.3) is 0 Å². The number of aryl methyl sites for hydroxylation is 2. The number of nitrogens with two attached hydrogens (primary N) is 1. The van der Waals surface area contributed by atoms with Gasteiger partial charge < -0.3 is 15.1 Å². The number of piperidine rings is 1. The van der Waals surface area contributed by atoms with Crippen molar-refractivity contribution in [3.05, 3.63) is 40.6 Å². The molecule has 0 unspecified atom stereocenters. The summed E-state index contributed by atoms with van der Waals surface area (Å²) in [5.74, 6) is 0.706. The minimum atomic E-state index is -0.581. The van der Waals surface area contributed by atoms with E-state index in [0.717, 1.165) is 30.7 Å².